The molecular formula is C17H21FN2O2. The Balaban J connectivity index is 2.18. The van der Waals surface area contributed by atoms with Gasteiger partial charge in [0, 0.05) is 13.6 Å². The number of amides is 1. The van der Waals surface area contributed by atoms with Crippen LogP contribution in [0.4, 0.5) is 4.39 Å². The second-order valence-electron chi connectivity index (χ2n) is 6.17. The lowest BCUT2D eigenvalue weighted by molar-refractivity contribution is 0.0710. The molecular weight excluding hydrogens is 283 g/mol. The number of benzene rings is 1. The molecule has 0 radical (unpaired) electrons. The van der Waals surface area contributed by atoms with Crippen LogP contribution >= 0.6 is 0 Å². The lowest BCUT2D eigenvalue weighted by atomic mass is 9.93. The summed E-state index contributed by atoms with van der Waals surface area (Å²) in [5.74, 6) is -0.0981. The summed E-state index contributed by atoms with van der Waals surface area (Å²) in [7, 11) is 1.70. The highest BCUT2D eigenvalue weighted by molar-refractivity contribution is 5.92. The molecule has 2 rings (SSSR count). The van der Waals surface area contributed by atoms with Crippen molar-refractivity contribution in [2.45, 2.75) is 13.8 Å². The van der Waals surface area contributed by atoms with Crippen molar-refractivity contribution in [2.24, 2.45) is 11.1 Å². The van der Waals surface area contributed by atoms with Crippen LogP contribution in [0.5, 0.6) is 0 Å². The minimum atomic E-state index is -0.381. The minimum Gasteiger partial charge on any atom is -0.451 e. The first kappa shape index (κ1) is 16.2. The van der Waals surface area contributed by atoms with Crippen LogP contribution in [-0.2, 0) is 0 Å². The maximum Gasteiger partial charge on any atom is 0.289 e. The largest absolute Gasteiger partial charge is 0.451 e. The Kier molecular flexibility index (Phi) is 4.66. The minimum absolute atomic E-state index is 0.175. The van der Waals surface area contributed by atoms with Crippen LogP contribution in [-0.4, -0.2) is 30.9 Å². The Hall–Kier alpha value is -2.14. The Labute approximate surface area is 129 Å². The smallest absolute Gasteiger partial charge is 0.289 e. The van der Waals surface area contributed by atoms with E-state index < -0.39 is 0 Å². The second kappa shape index (κ2) is 6.32. The van der Waals surface area contributed by atoms with Gasteiger partial charge in [0.25, 0.3) is 5.91 Å². The number of hydrogen-bond donors (Lipinski definition) is 1. The molecule has 0 fully saturated rings. The maximum absolute atomic E-state index is 13.7. The van der Waals surface area contributed by atoms with E-state index in [0.717, 1.165) is 0 Å². The Bertz CT molecular complexity index is 664. The van der Waals surface area contributed by atoms with Gasteiger partial charge >= 0.3 is 0 Å². The summed E-state index contributed by atoms with van der Waals surface area (Å²) < 4.78 is 19.3. The van der Waals surface area contributed by atoms with Gasteiger partial charge in [-0.25, -0.2) is 4.39 Å². The highest BCUT2D eigenvalue weighted by atomic mass is 19.1. The fourth-order valence-corrected chi connectivity index (χ4v) is 2.23. The summed E-state index contributed by atoms with van der Waals surface area (Å²) in [6.07, 6.45) is 0. The van der Waals surface area contributed by atoms with Gasteiger partial charge in [-0.05, 0) is 36.2 Å². The molecule has 0 aliphatic carbocycles. The SMILES string of the molecule is CN(CC(C)(C)CN)C(=O)c1ccc(-c2ccccc2F)o1. The topological polar surface area (TPSA) is 59.5 Å². The van der Waals surface area contributed by atoms with Crippen LogP contribution in [0.3, 0.4) is 0 Å². The van der Waals surface area contributed by atoms with Crippen molar-refractivity contribution in [2.75, 3.05) is 20.1 Å². The van der Waals surface area contributed by atoms with Gasteiger partial charge in [-0.1, -0.05) is 26.0 Å². The predicted octanol–water partition coefficient (Wildman–Crippen LogP) is 3.14. The van der Waals surface area contributed by atoms with Gasteiger partial charge in [-0.15, -0.1) is 0 Å². The average Bonchev–Trinajstić information content (AvgIpc) is 2.96. The molecule has 0 spiro atoms. The van der Waals surface area contributed by atoms with Crippen LogP contribution in [0, 0.1) is 11.2 Å². The Morgan fingerprint density at radius 2 is 1.95 bits per heavy atom. The predicted molar refractivity (Wildman–Crippen MR) is 83.9 cm³/mol. The standard InChI is InChI=1S/C17H21FN2O2/c1-17(2,10-19)11-20(3)16(21)15-9-8-14(22-15)12-6-4-5-7-13(12)18/h4-9H,10-11,19H2,1-3H3. The molecule has 22 heavy (non-hydrogen) atoms. The first-order chi connectivity index (χ1) is 10.3. The van der Waals surface area contributed by atoms with E-state index in [-0.39, 0.29) is 22.9 Å². The van der Waals surface area contributed by atoms with E-state index in [1.54, 1.807) is 42.3 Å². The zero-order valence-electron chi connectivity index (χ0n) is 13.1. The zero-order valence-corrected chi connectivity index (χ0v) is 13.1. The van der Waals surface area contributed by atoms with Gasteiger partial charge in [-0.3, -0.25) is 4.79 Å². The number of carbonyl (C=O) groups excluding carboxylic acids is 1. The maximum atomic E-state index is 13.7. The quantitative estimate of drug-likeness (QED) is 0.923. The molecule has 1 aromatic carbocycles. The summed E-state index contributed by atoms with van der Waals surface area (Å²) in [5, 5.41) is 0. The third kappa shape index (κ3) is 3.54. The molecule has 1 amide bonds. The number of rotatable bonds is 5. The number of halogens is 1. The van der Waals surface area contributed by atoms with Gasteiger partial charge in [0.05, 0.1) is 5.56 Å². The number of furan rings is 1. The zero-order chi connectivity index (χ0) is 16.3. The van der Waals surface area contributed by atoms with E-state index in [1.165, 1.54) is 6.07 Å². The Morgan fingerprint density at radius 1 is 1.27 bits per heavy atom. The fourth-order valence-electron chi connectivity index (χ4n) is 2.23. The molecule has 1 heterocycles. The molecule has 4 nitrogen and oxygen atoms in total. The summed E-state index contributed by atoms with van der Waals surface area (Å²) in [6.45, 7) is 4.97. The highest BCUT2D eigenvalue weighted by Crippen LogP contribution is 2.25. The summed E-state index contributed by atoms with van der Waals surface area (Å²) >= 11 is 0. The van der Waals surface area contributed by atoms with E-state index in [9.17, 15) is 9.18 Å². The molecule has 118 valence electrons. The molecule has 0 unspecified atom stereocenters. The normalized spacial score (nSPS) is 11.5. The molecule has 0 atom stereocenters. The van der Waals surface area contributed by atoms with Gasteiger partial charge in [0.2, 0.25) is 0 Å². The van der Waals surface area contributed by atoms with Crippen LogP contribution in [0.1, 0.15) is 24.4 Å². The van der Waals surface area contributed by atoms with Gasteiger partial charge in [0.1, 0.15) is 11.6 Å². The van der Waals surface area contributed by atoms with E-state index in [0.29, 0.717) is 24.4 Å². The highest BCUT2D eigenvalue weighted by Gasteiger charge is 2.24. The van der Waals surface area contributed by atoms with Crippen molar-refractivity contribution >= 4 is 5.91 Å². The van der Waals surface area contributed by atoms with Crippen molar-refractivity contribution in [1.82, 2.24) is 4.90 Å². The molecule has 5 heteroatoms. The summed E-state index contributed by atoms with van der Waals surface area (Å²) in [4.78, 5) is 13.9. The summed E-state index contributed by atoms with van der Waals surface area (Å²) in [5.41, 5.74) is 5.85. The van der Waals surface area contributed by atoms with Gasteiger partial charge < -0.3 is 15.1 Å². The molecule has 2 aromatic rings. The van der Waals surface area contributed by atoms with Crippen molar-refractivity contribution in [1.29, 1.82) is 0 Å². The first-order valence-electron chi connectivity index (χ1n) is 7.14. The molecule has 0 aliphatic rings. The second-order valence-corrected chi connectivity index (χ2v) is 6.17. The molecule has 0 bridgehead atoms. The molecule has 0 saturated heterocycles. The fraction of sp³-hybridized carbons (Fsp3) is 0.353. The average molecular weight is 304 g/mol. The van der Waals surface area contributed by atoms with Crippen molar-refractivity contribution in [3.05, 3.63) is 48.0 Å². The lowest BCUT2D eigenvalue weighted by Crippen LogP contribution is -2.39. The number of nitrogens with two attached hydrogens (primary N) is 1. The lowest BCUT2D eigenvalue weighted by Gasteiger charge is -2.28. The van der Waals surface area contributed by atoms with E-state index in [1.807, 2.05) is 13.8 Å². The molecule has 0 aliphatic heterocycles. The molecule has 1 aromatic heterocycles. The summed E-state index contributed by atoms with van der Waals surface area (Å²) in [6, 6.07) is 9.47. The monoisotopic (exact) mass is 304 g/mol. The Morgan fingerprint density at radius 3 is 2.59 bits per heavy atom. The molecule has 2 N–H and O–H groups in total. The van der Waals surface area contributed by atoms with E-state index >= 15 is 0 Å². The number of nitrogens with zero attached hydrogens (tertiary/aromatic N) is 1. The first-order valence-corrected chi connectivity index (χ1v) is 7.14. The van der Waals surface area contributed by atoms with Crippen LogP contribution < -0.4 is 5.73 Å². The van der Waals surface area contributed by atoms with Gasteiger partial charge in [-0.2, -0.15) is 0 Å². The van der Waals surface area contributed by atoms with Crippen LogP contribution in [0.15, 0.2) is 40.8 Å². The van der Waals surface area contributed by atoms with E-state index in [4.69, 9.17) is 10.2 Å². The van der Waals surface area contributed by atoms with Crippen molar-refractivity contribution in [3.63, 3.8) is 0 Å². The number of hydrogen-bond acceptors (Lipinski definition) is 3. The van der Waals surface area contributed by atoms with E-state index in [2.05, 4.69) is 0 Å². The third-order valence-corrected chi connectivity index (χ3v) is 3.52. The van der Waals surface area contributed by atoms with Crippen LogP contribution in [0.25, 0.3) is 11.3 Å². The third-order valence-electron chi connectivity index (χ3n) is 3.52. The van der Waals surface area contributed by atoms with Crippen molar-refractivity contribution in [3.8, 4) is 11.3 Å². The van der Waals surface area contributed by atoms with Crippen LogP contribution in [0.2, 0.25) is 0 Å². The van der Waals surface area contributed by atoms with Crippen molar-refractivity contribution < 1.29 is 13.6 Å². The number of carbonyl (C=O) groups is 1. The molecule has 0 saturated carbocycles. The van der Waals surface area contributed by atoms with Gasteiger partial charge in [0.15, 0.2) is 5.76 Å².